The Morgan fingerprint density at radius 3 is 1.53 bits per heavy atom. The van der Waals surface area contributed by atoms with Crippen molar-refractivity contribution in [3.63, 3.8) is 0 Å². The lowest BCUT2D eigenvalue weighted by Crippen LogP contribution is -2.13. The van der Waals surface area contributed by atoms with E-state index in [4.69, 9.17) is 14.2 Å². The molecule has 0 atom stereocenters. The van der Waals surface area contributed by atoms with Crippen LogP contribution in [0.15, 0.2) is 66.7 Å². The SMILES string of the molecule is COC(=O)c1cc(OCCNc2ccc([N+](=O)[O-])cc2)cc(OCCNc2ccc([N+](=O)[O-])cc2)c1. The van der Waals surface area contributed by atoms with E-state index in [9.17, 15) is 25.0 Å². The van der Waals surface area contributed by atoms with Crippen molar-refractivity contribution in [3.8, 4) is 11.5 Å². The van der Waals surface area contributed by atoms with Gasteiger partial charge >= 0.3 is 5.97 Å². The van der Waals surface area contributed by atoms with Gasteiger partial charge in [0.25, 0.3) is 11.4 Å². The Morgan fingerprint density at radius 1 is 0.750 bits per heavy atom. The maximum Gasteiger partial charge on any atom is 0.338 e. The third kappa shape index (κ3) is 7.58. The molecule has 36 heavy (non-hydrogen) atoms. The number of nitro benzene ring substituents is 2. The number of hydrogen-bond acceptors (Lipinski definition) is 10. The highest BCUT2D eigenvalue weighted by molar-refractivity contribution is 5.90. The fourth-order valence-corrected chi connectivity index (χ4v) is 3.10. The molecule has 12 nitrogen and oxygen atoms in total. The van der Waals surface area contributed by atoms with Gasteiger partial charge in [-0.05, 0) is 36.4 Å². The van der Waals surface area contributed by atoms with E-state index in [1.54, 1.807) is 42.5 Å². The minimum absolute atomic E-state index is 0.00639. The third-order valence-corrected chi connectivity index (χ3v) is 4.86. The molecule has 0 amide bonds. The van der Waals surface area contributed by atoms with Crippen LogP contribution >= 0.6 is 0 Å². The van der Waals surface area contributed by atoms with E-state index in [1.165, 1.54) is 31.4 Å². The summed E-state index contributed by atoms with van der Waals surface area (Å²) in [5.74, 6) is 0.266. The van der Waals surface area contributed by atoms with Gasteiger partial charge in [-0.2, -0.15) is 0 Å². The molecule has 188 valence electrons. The molecule has 12 heteroatoms. The summed E-state index contributed by atoms with van der Waals surface area (Å²) in [6, 6.07) is 16.8. The van der Waals surface area contributed by atoms with Crippen molar-refractivity contribution in [2.24, 2.45) is 0 Å². The van der Waals surface area contributed by atoms with Crippen molar-refractivity contribution < 1.29 is 28.9 Å². The molecule has 0 aromatic heterocycles. The average molecular weight is 496 g/mol. The predicted molar refractivity (Wildman–Crippen MR) is 132 cm³/mol. The number of nitro groups is 2. The second-order valence-corrected chi connectivity index (χ2v) is 7.34. The molecular weight excluding hydrogens is 472 g/mol. The number of rotatable bonds is 13. The van der Waals surface area contributed by atoms with Crippen LogP contribution < -0.4 is 20.1 Å². The van der Waals surface area contributed by atoms with Crippen LogP contribution in [0.3, 0.4) is 0 Å². The van der Waals surface area contributed by atoms with Crippen molar-refractivity contribution in [1.29, 1.82) is 0 Å². The summed E-state index contributed by atoms with van der Waals surface area (Å²) in [6.07, 6.45) is 0. The smallest absolute Gasteiger partial charge is 0.338 e. The second-order valence-electron chi connectivity index (χ2n) is 7.34. The molecule has 0 aliphatic rings. The molecule has 0 radical (unpaired) electrons. The zero-order valence-corrected chi connectivity index (χ0v) is 19.3. The van der Waals surface area contributed by atoms with Crippen molar-refractivity contribution >= 4 is 28.7 Å². The minimum Gasteiger partial charge on any atom is -0.492 e. The maximum absolute atomic E-state index is 12.0. The van der Waals surface area contributed by atoms with Gasteiger partial charge in [-0.15, -0.1) is 0 Å². The van der Waals surface area contributed by atoms with E-state index >= 15 is 0 Å². The molecule has 0 saturated carbocycles. The first-order valence-electron chi connectivity index (χ1n) is 10.8. The van der Waals surface area contributed by atoms with Crippen molar-refractivity contribution in [2.45, 2.75) is 0 Å². The van der Waals surface area contributed by atoms with Gasteiger partial charge in [0.1, 0.15) is 24.7 Å². The van der Waals surface area contributed by atoms with Crippen molar-refractivity contribution in [1.82, 2.24) is 0 Å². The molecule has 3 aromatic carbocycles. The molecule has 2 N–H and O–H groups in total. The highest BCUT2D eigenvalue weighted by atomic mass is 16.6. The number of carbonyl (C=O) groups excluding carboxylic acids is 1. The fourth-order valence-electron chi connectivity index (χ4n) is 3.10. The summed E-state index contributed by atoms with van der Waals surface area (Å²) >= 11 is 0. The summed E-state index contributed by atoms with van der Waals surface area (Å²) in [5, 5.41) is 27.7. The molecule has 0 saturated heterocycles. The number of hydrogen-bond donors (Lipinski definition) is 2. The van der Waals surface area contributed by atoms with Crippen molar-refractivity contribution in [3.05, 3.63) is 92.5 Å². The van der Waals surface area contributed by atoms with Crippen LogP contribution in [0.1, 0.15) is 10.4 Å². The quantitative estimate of drug-likeness (QED) is 0.152. The summed E-state index contributed by atoms with van der Waals surface area (Å²) in [6.45, 7) is 1.33. The molecule has 3 aromatic rings. The number of ether oxygens (including phenoxy) is 3. The van der Waals surface area contributed by atoms with E-state index in [1.807, 2.05) is 0 Å². The number of anilines is 2. The average Bonchev–Trinajstić information content (AvgIpc) is 2.89. The van der Waals surface area contributed by atoms with Crippen LogP contribution in [0.4, 0.5) is 22.7 Å². The van der Waals surface area contributed by atoms with Gasteiger partial charge in [0.05, 0.1) is 22.5 Å². The Labute approximate surface area is 206 Å². The number of carbonyl (C=O) groups is 1. The molecule has 0 fully saturated rings. The molecule has 0 heterocycles. The fraction of sp³-hybridized carbons (Fsp3) is 0.208. The largest absolute Gasteiger partial charge is 0.492 e. The molecule has 0 aliphatic carbocycles. The summed E-state index contributed by atoms with van der Waals surface area (Å²) in [7, 11) is 1.28. The van der Waals surface area contributed by atoms with Gasteiger partial charge in [-0.1, -0.05) is 0 Å². The first kappa shape index (κ1) is 25.7. The number of nitrogens with zero attached hydrogens (tertiary/aromatic N) is 2. The lowest BCUT2D eigenvalue weighted by molar-refractivity contribution is -0.385. The lowest BCUT2D eigenvalue weighted by atomic mass is 10.2. The molecular formula is C24H24N4O8. The van der Waals surface area contributed by atoms with E-state index in [0.717, 1.165) is 0 Å². The topological polar surface area (TPSA) is 155 Å². The van der Waals surface area contributed by atoms with E-state index in [2.05, 4.69) is 10.6 Å². The highest BCUT2D eigenvalue weighted by Crippen LogP contribution is 2.24. The molecule has 0 bridgehead atoms. The minimum atomic E-state index is -0.543. The second kappa shape index (κ2) is 12.6. The Hall–Kier alpha value is -4.87. The number of esters is 1. The van der Waals surface area contributed by atoms with Crippen LogP contribution in [-0.2, 0) is 4.74 Å². The summed E-state index contributed by atoms with van der Waals surface area (Å²) < 4.78 is 16.3. The monoisotopic (exact) mass is 496 g/mol. The highest BCUT2D eigenvalue weighted by Gasteiger charge is 2.11. The predicted octanol–water partition coefficient (Wildman–Crippen LogP) is 4.27. The molecule has 0 spiro atoms. The van der Waals surface area contributed by atoms with Gasteiger partial charge in [-0.25, -0.2) is 4.79 Å². The zero-order valence-electron chi connectivity index (χ0n) is 19.3. The van der Waals surface area contributed by atoms with E-state index in [-0.39, 0.29) is 30.2 Å². The van der Waals surface area contributed by atoms with Crippen molar-refractivity contribution in [2.75, 3.05) is 44.0 Å². The summed E-state index contributed by atoms with van der Waals surface area (Å²) in [5.41, 5.74) is 1.68. The van der Waals surface area contributed by atoms with Crippen LogP contribution in [0, 0.1) is 20.2 Å². The first-order valence-corrected chi connectivity index (χ1v) is 10.8. The zero-order chi connectivity index (χ0) is 25.9. The molecule has 0 aliphatic heterocycles. The standard InChI is InChI=1S/C24H24N4O8/c1-34-24(29)17-14-22(35-12-10-25-18-2-6-20(7-3-18)27(30)31)16-23(15-17)36-13-11-26-19-4-8-21(9-5-19)28(32)33/h2-9,14-16,25-26H,10-13H2,1H3. The first-order chi connectivity index (χ1) is 17.4. The van der Waals surface area contributed by atoms with Gasteiger partial charge in [0.2, 0.25) is 0 Å². The maximum atomic E-state index is 12.0. The van der Waals surface area contributed by atoms with Crippen LogP contribution in [0.25, 0.3) is 0 Å². The van der Waals surface area contributed by atoms with Crippen LogP contribution in [0.5, 0.6) is 11.5 Å². The molecule has 3 rings (SSSR count). The normalized spacial score (nSPS) is 10.2. The van der Waals surface area contributed by atoms with E-state index < -0.39 is 15.8 Å². The van der Waals surface area contributed by atoms with Gasteiger partial charge in [-0.3, -0.25) is 20.2 Å². The Morgan fingerprint density at radius 2 is 1.17 bits per heavy atom. The number of nitrogens with one attached hydrogen (secondary N) is 2. The number of benzene rings is 3. The molecule has 0 unspecified atom stereocenters. The summed E-state index contributed by atoms with van der Waals surface area (Å²) in [4.78, 5) is 32.6. The Kier molecular flexibility index (Phi) is 8.98. The van der Waals surface area contributed by atoms with Gasteiger partial charge in [0, 0.05) is 54.8 Å². The number of non-ortho nitro benzene ring substituents is 2. The van der Waals surface area contributed by atoms with Gasteiger partial charge < -0.3 is 24.8 Å². The van der Waals surface area contributed by atoms with E-state index in [0.29, 0.717) is 36.0 Å². The lowest BCUT2D eigenvalue weighted by Gasteiger charge is -2.13. The number of methoxy groups -OCH3 is 1. The Balaban J connectivity index is 1.52. The van der Waals surface area contributed by atoms with Crippen LogP contribution in [-0.4, -0.2) is 49.2 Å². The third-order valence-electron chi connectivity index (χ3n) is 4.86. The van der Waals surface area contributed by atoms with Gasteiger partial charge in [0.15, 0.2) is 0 Å². The van der Waals surface area contributed by atoms with Crippen LogP contribution in [0.2, 0.25) is 0 Å². The Bertz CT molecular complexity index is 1120.